The number of nitrogens with one attached hydrogen (secondary N) is 1. The molecular formula is C13H18N4. The molecule has 0 amide bonds. The number of nitrogen functional groups attached to an aromatic ring is 1. The van der Waals surface area contributed by atoms with Crippen LogP contribution in [0.1, 0.15) is 12.0 Å². The van der Waals surface area contributed by atoms with Gasteiger partial charge in [0.1, 0.15) is 0 Å². The van der Waals surface area contributed by atoms with E-state index < -0.39 is 0 Å². The number of anilines is 3. The highest BCUT2D eigenvalue weighted by molar-refractivity contribution is 5.86. The van der Waals surface area contributed by atoms with Crippen LogP contribution in [0.2, 0.25) is 0 Å². The van der Waals surface area contributed by atoms with Crippen molar-refractivity contribution in [1.29, 1.82) is 0 Å². The molecule has 2 heterocycles. The Hall–Kier alpha value is -1.84. The van der Waals surface area contributed by atoms with Crippen molar-refractivity contribution in [3.8, 4) is 0 Å². The number of hydrogen-bond acceptors (Lipinski definition) is 4. The highest BCUT2D eigenvalue weighted by Crippen LogP contribution is 2.38. The normalized spacial score (nSPS) is 18.2. The Labute approximate surface area is 102 Å². The monoisotopic (exact) mass is 230 g/mol. The minimum atomic E-state index is 0.845. The van der Waals surface area contributed by atoms with Crippen molar-refractivity contribution in [2.45, 2.75) is 12.8 Å². The van der Waals surface area contributed by atoms with Crippen LogP contribution in [0, 0.1) is 0 Å². The molecule has 1 aromatic rings. The lowest BCUT2D eigenvalue weighted by atomic mass is 10.0. The first kappa shape index (κ1) is 10.3. The van der Waals surface area contributed by atoms with Crippen molar-refractivity contribution in [2.24, 2.45) is 0 Å². The van der Waals surface area contributed by atoms with Crippen molar-refractivity contribution in [2.75, 3.05) is 36.2 Å². The molecule has 0 saturated heterocycles. The summed E-state index contributed by atoms with van der Waals surface area (Å²) in [5.74, 6) is 0. The van der Waals surface area contributed by atoms with Gasteiger partial charge in [-0.1, -0.05) is 6.07 Å². The van der Waals surface area contributed by atoms with Crippen LogP contribution in [-0.4, -0.2) is 25.2 Å². The molecule has 90 valence electrons. The Morgan fingerprint density at radius 1 is 1.29 bits per heavy atom. The number of aryl methyl sites for hydroxylation is 1. The van der Waals surface area contributed by atoms with Crippen LogP contribution in [0.15, 0.2) is 24.5 Å². The molecule has 0 radical (unpaired) electrons. The fourth-order valence-electron chi connectivity index (χ4n) is 2.53. The SMILES string of the molecule is CN1C=CN(c2c(N)ccc3c2NCCC3)C1. The molecule has 2 aliphatic rings. The first-order chi connectivity index (χ1) is 8.25. The lowest BCUT2D eigenvalue weighted by Gasteiger charge is -2.28. The van der Waals surface area contributed by atoms with Gasteiger partial charge in [-0.05, 0) is 24.5 Å². The summed E-state index contributed by atoms with van der Waals surface area (Å²) in [4.78, 5) is 4.34. The predicted molar refractivity (Wildman–Crippen MR) is 71.9 cm³/mol. The molecule has 0 unspecified atom stereocenters. The zero-order chi connectivity index (χ0) is 11.8. The van der Waals surface area contributed by atoms with Gasteiger partial charge in [0.25, 0.3) is 0 Å². The van der Waals surface area contributed by atoms with E-state index in [0.29, 0.717) is 0 Å². The molecule has 17 heavy (non-hydrogen) atoms. The molecule has 4 heteroatoms. The number of benzene rings is 1. The first-order valence-electron chi connectivity index (χ1n) is 6.06. The third kappa shape index (κ3) is 1.69. The van der Waals surface area contributed by atoms with E-state index in [4.69, 9.17) is 5.73 Å². The minimum absolute atomic E-state index is 0.845. The van der Waals surface area contributed by atoms with Gasteiger partial charge in [-0.2, -0.15) is 0 Å². The lowest BCUT2D eigenvalue weighted by Crippen LogP contribution is -2.25. The van der Waals surface area contributed by atoms with Crippen molar-refractivity contribution in [3.05, 3.63) is 30.1 Å². The second-order valence-electron chi connectivity index (χ2n) is 4.73. The molecule has 0 spiro atoms. The molecule has 2 aliphatic heterocycles. The van der Waals surface area contributed by atoms with Gasteiger partial charge in [0.2, 0.25) is 0 Å². The van der Waals surface area contributed by atoms with Crippen LogP contribution < -0.4 is 16.0 Å². The summed E-state index contributed by atoms with van der Waals surface area (Å²) in [7, 11) is 2.06. The zero-order valence-electron chi connectivity index (χ0n) is 10.1. The van der Waals surface area contributed by atoms with E-state index >= 15 is 0 Å². The number of nitrogens with zero attached hydrogens (tertiary/aromatic N) is 2. The lowest BCUT2D eigenvalue weighted by molar-refractivity contribution is 0.496. The largest absolute Gasteiger partial charge is 0.397 e. The summed E-state index contributed by atoms with van der Waals surface area (Å²) in [6.45, 7) is 1.90. The molecule has 0 atom stereocenters. The highest BCUT2D eigenvalue weighted by atomic mass is 15.3. The zero-order valence-corrected chi connectivity index (χ0v) is 10.1. The summed E-state index contributed by atoms with van der Waals surface area (Å²) in [5, 5.41) is 3.49. The van der Waals surface area contributed by atoms with Crippen molar-refractivity contribution < 1.29 is 0 Å². The molecule has 0 aromatic heterocycles. The van der Waals surface area contributed by atoms with Crippen molar-refractivity contribution >= 4 is 17.1 Å². The maximum atomic E-state index is 6.14. The molecule has 3 rings (SSSR count). The molecule has 1 aromatic carbocycles. The molecule has 3 N–H and O–H groups in total. The Morgan fingerprint density at radius 2 is 2.18 bits per heavy atom. The third-order valence-corrected chi connectivity index (χ3v) is 3.38. The Morgan fingerprint density at radius 3 is 2.94 bits per heavy atom. The first-order valence-corrected chi connectivity index (χ1v) is 6.06. The van der Waals surface area contributed by atoms with Gasteiger partial charge < -0.3 is 20.9 Å². The van der Waals surface area contributed by atoms with Crippen LogP contribution in [0.25, 0.3) is 0 Å². The standard InChI is InChI=1S/C13H18N4/c1-16-7-8-17(9-16)13-11(14)5-4-10-3-2-6-15-12(10)13/h4-5,7-8,15H,2-3,6,9,14H2,1H3. The van der Waals surface area contributed by atoms with Gasteiger partial charge in [0.05, 0.1) is 23.7 Å². The summed E-state index contributed by atoms with van der Waals surface area (Å²) in [6, 6.07) is 4.16. The van der Waals surface area contributed by atoms with Crippen LogP contribution in [-0.2, 0) is 6.42 Å². The van der Waals surface area contributed by atoms with Gasteiger partial charge in [0, 0.05) is 26.0 Å². The van der Waals surface area contributed by atoms with E-state index in [1.165, 1.54) is 17.7 Å². The van der Waals surface area contributed by atoms with E-state index in [1.807, 2.05) is 6.07 Å². The number of nitrogens with two attached hydrogens (primary N) is 1. The maximum absolute atomic E-state index is 6.14. The average molecular weight is 230 g/mol. The van der Waals surface area contributed by atoms with Crippen molar-refractivity contribution in [3.63, 3.8) is 0 Å². The van der Waals surface area contributed by atoms with E-state index in [2.05, 4.69) is 40.6 Å². The van der Waals surface area contributed by atoms with Crippen LogP contribution >= 0.6 is 0 Å². The molecule has 0 bridgehead atoms. The van der Waals surface area contributed by atoms with Crippen molar-refractivity contribution in [1.82, 2.24) is 4.90 Å². The number of rotatable bonds is 1. The molecule has 0 aliphatic carbocycles. The number of fused-ring (bicyclic) bond motifs is 1. The van der Waals surface area contributed by atoms with Gasteiger partial charge >= 0.3 is 0 Å². The molecule has 4 nitrogen and oxygen atoms in total. The second-order valence-corrected chi connectivity index (χ2v) is 4.73. The quantitative estimate of drug-likeness (QED) is 0.722. The van der Waals surface area contributed by atoms with Crippen LogP contribution in [0.5, 0.6) is 0 Å². The summed E-state index contributed by atoms with van der Waals surface area (Å²) in [5.41, 5.74) is 10.7. The Balaban J connectivity index is 2.05. The van der Waals surface area contributed by atoms with Gasteiger partial charge in [0.15, 0.2) is 0 Å². The molecule has 0 fully saturated rings. The fraction of sp³-hybridized carbons (Fsp3) is 0.385. The third-order valence-electron chi connectivity index (χ3n) is 3.38. The van der Waals surface area contributed by atoms with Crippen LogP contribution in [0.4, 0.5) is 17.1 Å². The summed E-state index contributed by atoms with van der Waals surface area (Å²) < 4.78 is 0. The maximum Gasteiger partial charge on any atom is 0.0940 e. The summed E-state index contributed by atoms with van der Waals surface area (Å²) in [6.07, 6.45) is 6.50. The van der Waals surface area contributed by atoms with Crippen LogP contribution in [0.3, 0.4) is 0 Å². The average Bonchev–Trinajstić information content (AvgIpc) is 2.75. The highest BCUT2D eigenvalue weighted by Gasteiger charge is 2.21. The van der Waals surface area contributed by atoms with E-state index in [1.54, 1.807) is 0 Å². The van der Waals surface area contributed by atoms with E-state index in [-0.39, 0.29) is 0 Å². The molecule has 0 saturated carbocycles. The van der Waals surface area contributed by atoms with E-state index in [9.17, 15) is 0 Å². The topological polar surface area (TPSA) is 44.5 Å². The Kier molecular flexibility index (Phi) is 2.35. The van der Waals surface area contributed by atoms with Gasteiger partial charge in [-0.15, -0.1) is 0 Å². The van der Waals surface area contributed by atoms with Gasteiger partial charge in [-0.25, -0.2) is 0 Å². The fourth-order valence-corrected chi connectivity index (χ4v) is 2.53. The molecular weight excluding hydrogens is 212 g/mol. The minimum Gasteiger partial charge on any atom is -0.397 e. The second kappa shape index (κ2) is 3.87. The van der Waals surface area contributed by atoms with E-state index in [0.717, 1.165) is 31.0 Å². The number of hydrogen-bond donors (Lipinski definition) is 2. The predicted octanol–water partition coefficient (Wildman–Crippen LogP) is 1.81. The Bertz CT molecular complexity index is 467. The summed E-state index contributed by atoms with van der Waals surface area (Å²) >= 11 is 0. The smallest absolute Gasteiger partial charge is 0.0940 e. The van der Waals surface area contributed by atoms with Gasteiger partial charge in [-0.3, -0.25) is 0 Å².